The van der Waals surface area contributed by atoms with Crippen molar-refractivity contribution in [2.45, 2.75) is 38.8 Å². The van der Waals surface area contributed by atoms with Gasteiger partial charge in [0, 0.05) is 23.3 Å². The lowest BCUT2D eigenvalue weighted by atomic mass is 9.89. The van der Waals surface area contributed by atoms with Gasteiger partial charge in [-0.1, -0.05) is 12.1 Å². The van der Waals surface area contributed by atoms with Crippen molar-refractivity contribution in [2.75, 3.05) is 14.2 Å². The number of azo groups is 2. The highest BCUT2D eigenvalue weighted by molar-refractivity contribution is 6.12. The second-order valence-corrected chi connectivity index (χ2v) is 9.10. The molecular weight excluding hydrogens is 516 g/mol. The number of nitrogens with one attached hydrogen (secondary N) is 2. The van der Waals surface area contributed by atoms with Gasteiger partial charge in [-0.25, -0.2) is 0 Å². The zero-order valence-corrected chi connectivity index (χ0v) is 22.4. The summed E-state index contributed by atoms with van der Waals surface area (Å²) < 4.78 is 10.4. The molecular formula is C28H28N6O6. The molecule has 2 aromatic rings. The Balaban J connectivity index is 1.55. The minimum Gasteiger partial charge on any atom is -0.497 e. The number of imide groups is 2. The predicted molar refractivity (Wildman–Crippen MR) is 144 cm³/mol. The number of ether oxygens (including phenoxy) is 2. The zero-order chi connectivity index (χ0) is 28.8. The van der Waals surface area contributed by atoms with E-state index in [-0.39, 0.29) is 12.8 Å². The van der Waals surface area contributed by atoms with Gasteiger partial charge in [0.2, 0.25) is 0 Å². The van der Waals surface area contributed by atoms with Crippen molar-refractivity contribution in [1.82, 2.24) is 10.6 Å². The molecule has 0 radical (unpaired) electrons. The van der Waals surface area contributed by atoms with Crippen molar-refractivity contribution in [2.24, 2.45) is 20.5 Å². The summed E-state index contributed by atoms with van der Waals surface area (Å²) in [4.78, 5) is 50.5. The first-order valence-corrected chi connectivity index (χ1v) is 12.4. The monoisotopic (exact) mass is 544 g/mol. The molecule has 0 aromatic heterocycles. The van der Waals surface area contributed by atoms with E-state index < -0.39 is 35.7 Å². The van der Waals surface area contributed by atoms with Crippen LogP contribution in [0.3, 0.4) is 0 Å². The fourth-order valence-electron chi connectivity index (χ4n) is 4.34. The van der Waals surface area contributed by atoms with E-state index in [9.17, 15) is 19.2 Å². The lowest BCUT2D eigenvalue weighted by molar-refractivity contribution is -0.131. The molecule has 0 spiro atoms. The van der Waals surface area contributed by atoms with E-state index in [2.05, 4.69) is 31.1 Å². The summed E-state index contributed by atoms with van der Waals surface area (Å²) in [6, 6.07) is 11.7. The molecule has 2 unspecified atom stereocenters. The third kappa shape index (κ3) is 6.17. The van der Waals surface area contributed by atoms with Crippen LogP contribution in [-0.4, -0.2) is 49.9 Å². The number of methoxy groups -OCH3 is 2. The first kappa shape index (κ1) is 28.0. The van der Waals surface area contributed by atoms with Gasteiger partial charge in [0.15, 0.2) is 12.1 Å². The van der Waals surface area contributed by atoms with E-state index in [1.54, 1.807) is 62.4 Å². The Morgan fingerprint density at radius 1 is 0.675 bits per heavy atom. The van der Waals surface area contributed by atoms with Gasteiger partial charge in [-0.05, 0) is 62.1 Å². The van der Waals surface area contributed by atoms with Gasteiger partial charge in [0.25, 0.3) is 23.6 Å². The molecule has 40 heavy (non-hydrogen) atoms. The van der Waals surface area contributed by atoms with Gasteiger partial charge in [-0.2, -0.15) is 20.5 Å². The minimum atomic E-state index is -1.01. The second kappa shape index (κ2) is 12.2. The highest BCUT2D eigenvalue weighted by Crippen LogP contribution is 2.29. The summed E-state index contributed by atoms with van der Waals surface area (Å²) in [5, 5.41) is 21.2. The first-order valence-electron chi connectivity index (χ1n) is 12.4. The molecule has 0 fully saturated rings. The average Bonchev–Trinajstić information content (AvgIpc) is 2.94. The summed E-state index contributed by atoms with van der Waals surface area (Å²) in [7, 11) is 3.06. The Bertz CT molecular complexity index is 1380. The Morgan fingerprint density at radius 2 is 1.07 bits per heavy atom. The first-order chi connectivity index (χ1) is 19.2. The maximum Gasteiger partial charge on any atom is 0.257 e. The maximum atomic E-state index is 12.7. The molecule has 206 valence electrons. The largest absolute Gasteiger partial charge is 0.497 e. The highest BCUT2D eigenvalue weighted by Gasteiger charge is 2.35. The summed E-state index contributed by atoms with van der Waals surface area (Å²) in [6.07, 6.45) is 0.258. The quantitative estimate of drug-likeness (QED) is 0.358. The molecule has 2 heterocycles. The van der Waals surface area contributed by atoms with Crippen LogP contribution in [0.5, 0.6) is 11.5 Å². The van der Waals surface area contributed by atoms with E-state index in [1.807, 2.05) is 0 Å². The number of nitrogens with zero attached hydrogens (tertiary/aromatic N) is 4. The molecule has 2 aliphatic heterocycles. The van der Waals surface area contributed by atoms with Crippen LogP contribution in [0.15, 0.2) is 91.3 Å². The van der Waals surface area contributed by atoms with Crippen LogP contribution in [0, 0.1) is 0 Å². The van der Waals surface area contributed by atoms with Gasteiger partial charge in [0.1, 0.15) is 11.5 Å². The van der Waals surface area contributed by atoms with Crippen LogP contribution < -0.4 is 20.1 Å². The van der Waals surface area contributed by atoms with Gasteiger partial charge < -0.3 is 9.47 Å². The fraction of sp³-hybridized carbons (Fsp3) is 0.286. The summed E-state index contributed by atoms with van der Waals surface area (Å²) >= 11 is 0. The van der Waals surface area contributed by atoms with E-state index >= 15 is 0 Å². The normalized spacial score (nSPS) is 19.9. The third-order valence-electron chi connectivity index (χ3n) is 6.60. The molecule has 2 N–H and O–H groups in total. The van der Waals surface area contributed by atoms with E-state index in [0.29, 0.717) is 45.2 Å². The van der Waals surface area contributed by atoms with Crippen LogP contribution in [0.1, 0.15) is 26.7 Å². The Labute approximate surface area is 230 Å². The van der Waals surface area contributed by atoms with Crippen molar-refractivity contribution >= 4 is 35.0 Å². The predicted octanol–water partition coefficient (Wildman–Crippen LogP) is 4.03. The zero-order valence-electron chi connectivity index (χ0n) is 22.4. The molecule has 0 saturated carbocycles. The van der Waals surface area contributed by atoms with Gasteiger partial charge in [0.05, 0.1) is 25.6 Å². The molecule has 4 amide bonds. The van der Waals surface area contributed by atoms with Crippen LogP contribution in [0.2, 0.25) is 0 Å². The lowest BCUT2D eigenvalue weighted by Crippen LogP contribution is -2.45. The van der Waals surface area contributed by atoms with Crippen molar-refractivity contribution in [3.63, 3.8) is 0 Å². The highest BCUT2D eigenvalue weighted by atomic mass is 16.5. The summed E-state index contributed by atoms with van der Waals surface area (Å²) in [5.41, 5.74) is 2.46. The Kier molecular flexibility index (Phi) is 8.57. The molecule has 0 saturated heterocycles. The lowest BCUT2D eigenvalue weighted by Gasteiger charge is -2.24. The number of carbonyl (C=O) groups excluding carboxylic acids is 4. The Hall–Kier alpha value is -5.00. The summed E-state index contributed by atoms with van der Waals surface area (Å²) in [5.74, 6) is -1.13. The molecule has 12 heteroatoms. The van der Waals surface area contributed by atoms with Crippen LogP contribution in [0.25, 0.3) is 0 Å². The van der Waals surface area contributed by atoms with Crippen molar-refractivity contribution in [1.29, 1.82) is 0 Å². The van der Waals surface area contributed by atoms with E-state index in [0.717, 1.165) is 0 Å². The van der Waals surface area contributed by atoms with Crippen molar-refractivity contribution in [3.05, 3.63) is 70.8 Å². The topological polar surface area (TPSA) is 160 Å². The number of rotatable bonds is 9. The van der Waals surface area contributed by atoms with Crippen molar-refractivity contribution in [3.8, 4) is 11.5 Å². The SMILES string of the molecule is COc1cccc(N=NC2C(=O)NC(=O)C(CCC3=C(C)C(N=Nc4cccc(OC)c4)C(=O)NC3=O)=C2C)c1. The molecule has 4 rings (SSSR count). The number of amides is 4. The van der Waals surface area contributed by atoms with Gasteiger partial charge in [-0.3, -0.25) is 29.8 Å². The van der Waals surface area contributed by atoms with Crippen LogP contribution in [0.4, 0.5) is 11.4 Å². The standard InChI is InChI=1S/C28H28N6O6/c1-15-21(25(35)29-27(37)23(15)33-31-17-7-5-9-19(13-17)39-3)11-12-22-16(2)24(28(38)30-26(22)36)34-32-18-8-6-10-20(14-18)40-4/h5-10,13-14,23-24H,11-12H2,1-4H3,(H,29,35,37)(H,30,36,38). The minimum absolute atomic E-state index is 0.129. The number of benzene rings is 2. The fourth-order valence-corrected chi connectivity index (χ4v) is 4.34. The molecule has 0 aliphatic carbocycles. The van der Waals surface area contributed by atoms with Gasteiger partial charge >= 0.3 is 0 Å². The molecule has 2 atom stereocenters. The van der Waals surface area contributed by atoms with Crippen LogP contribution in [-0.2, 0) is 19.2 Å². The maximum absolute atomic E-state index is 12.7. The average molecular weight is 545 g/mol. The summed E-state index contributed by atoms with van der Waals surface area (Å²) in [6.45, 7) is 3.27. The van der Waals surface area contributed by atoms with E-state index in [1.165, 1.54) is 14.2 Å². The smallest absolute Gasteiger partial charge is 0.257 e. The molecule has 2 aliphatic rings. The number of carbonyl (C=O) groups is 4. The Morgan fingerprint density at radius 3 is 1.45 bits per heavy atom. The van der Waals surface area contributed by atoms with E-state index in [4.69, 9.17) is 9.47 Å². The molecule has 12 nitrogen and oxygen atoms in total. The number of hydrogen-bond donors (Lipinski definition) is 2. The molecule has 2 aromatic carbocycles. The van der Waals surface area contributed by atoms with Crippen molar-refractivity contribution < 1.29 is 28.7 Å². The third-order valence-corrected chi connectivity index (χ3v) is 6.60. The van der Waals surface area contributed by atoms with Crippen LogP contribution >= 0.6 is 0 Å². The van der Waals surface area contributed by atoms with Gasteiger partial charge in [-0.15, -0.1) is 0 Å². The second-order valence-electron chi connectivity index (χ2n) is 9.10. The number of hydrogen-bond acceptors (Lipinski definition) is 10. The molecule has 0 bridgehead atoms.